The van der Waals surface area contributed by atoms with E-state index in [0.717, 1.165) is 6.21 Å². The van der Waals surface area contributed by atoms with Crippen LogP contribution in [0, 0.1) is 10.1 Å². The molecule has 9 heteroatoms. The van der Waals surface area contributed by atoms with E-state index in [2.05, 4.69) is 10.5 Å². The molecule has 0 saturated heterocycles. The van der Waals surface area contributed by atoms with Gasteiger partial charge in [0, 0.05) is 12.1 Å². The zero-order valence-electron chi connectivity index (χ0n) is 11.2. The van der Waals surface area contributed by atoms with Gasteiger partial charge in [0.2, 0.25) is 0 Å². The van der Waals surface area contributed by atoms with Crippen LogP contribution in [0.5, 0.6) is 0 Å². The van der Waals surface area contributed by atoms with Crippen LogP contribution in [0.4, 0.5) is 11.4 Å². The zero-order chi connectivity index (χ0) is 16.0. The summed E-state index contributed by atoms with van der Waals surface area (Å²) in [6.45, 7) is 1.27. The van der Waals surface area contributed by atoms with Gasteiger partial charge in [0.1, 0.15) is 18.3 Å². The van der Waals surface area contributed by atoms with Crippen molar-refractivity contribution in [2.75, 3.05) is 5.43 Å². The van der Waals surface area contributed by atoms with E-state index in [1.165, 1.54) is 31.2 Å². The molecule has 9 nitrogen and oxygen atoms in total. The van der Waals surface area contributed by atoms with Crippen LogP contribution >= 0.6 is 0 Å². The number of nitrogens with one attached hydrogen (secondary N) is 1. The quantitative estimate of drug-likeness (QED) is 0.258. The molecule has 0 aliphatic carbocycles. The highest BCUT2D eigenvalue weighted by molar-refractivity contribution is 5.65. The van der Waals surface area contributed by atoms with E-state index in [1.807, 2.05) is 0 Å². The van der Waals surface area contributed by atoms with Crippen molar-refractivity contribution in [3.05, 3.63) is 34.4 Å². The van der Waals surface area contributed by atoms with Gasteiger partial charge < -0.3 is 20.4 Å². The maximum atomic E-state index is 10.5. The highest BCUT2D eigenvalue weighted by Crippen LogP contribution is 2.15. The Labute approximate surface area is 120 Å². The number of hydrazone groups is 1. The first-order valence-electron chi connectivity index (χ1n) is 6.09. The molecule has 5 N–H and O–H groups in total. The molecule has 0 radical (unpaired) electrons. The van der Waals surface area contributed by atoms with Crippen molar-refractivity contribution in [2.45, 2.75) is 31.3 Å². The number of nitro groups is 1. The summed E-state index contributed by atoms with van der Waals surface area (Å²) in [7, 11) is 0. The van der Waals surface area contributed by atoms with Crippen molar-refractivity contribution in [3.63, 3.8) is 0 Å². The molecule has 0 fully saturated rings. The van der Waals surface area contributed by atoms with E-state index in [4.69, 9.17) is 5.11 Å². The molecule has 0 heterocycles. The second-order valence-electron chi connectivity index (χ2n) is 4.41. The highest BCUT2D eigenvalue weighted by atomic mass is 16.6. The molecule has 1 rings (SSSR count). The third-order valence-electron chi connectivity index (χ3n) is 2.69. The summed E-state index contributed by atoms with van der Waals surface area (Å²) in [5.74, 6) is 0. The molecule has 0 saturated carbocycles. The Hall–Kier alpha value is -2.07. The monoisotopic (exact) mass is 299 g/mol. The van der Waals surface area contributed by atoms with Crippen molar-refractivity contribution in [1.82, 2.24) is 0 Å². The molecule has 0 unspecified atom stereocenters. The van der Waals surface area contributed by atoms with Gasteiger partial charge in [0.15, 0.2) is 0 Å². The summed E-state index contributed by atoms with van der Waals surface area (Å²) in [6.07, 6.45) is -4.85. The smallest absolute Gasteiger partial charge is 0.269 e. The fourth-order valence-corrected chi connectivity index (χ4v) is 1.42. The average molecular weight is 299 g/mol. The molecule has 0 aliphatic rings. The number of benzene rings is 1. The first-order chi connectivity index (χ1) is 9.82. The number of nitro benzene ring substituents is 1. The Balaban J connectivity index is 2.55. The van der Waals surface area contributed by atoms with Gasteiger partial charge >= 0.3 is 0 Å². The number of rotatable bonds is 7. The second kappa shape index (κ2) is 7.64. The lowest BCUT2D eigenvalue weighted by atomic mass is 10.1. The fourth-order valence-electron chi connectivity index (χ4n) is 1.42. The van der Waals surface area contributed by atoms with Crippen LogP contribution in [-0.2, 0) is 0 Å². The molecule has 0 aliphatic heterocycles. The van der Waals surface area contributed by atoms with Crippen LogP contribution in [-0.4, -0.2) is 56.0 Å². The first kappa shape index (κ1) is 17.0. The van der Waals surface area contributed by atoms with Crippen LogP contribution in [0.1, 0.15) is 6.92 Å². The predicted molar refractivity (Wildman–Crippen MR) is 74.9 cm³/mol. The van der Waals surface area contributed by atoms with Gasteiger partial charge in [-0.05, 0) is 19.1 Å². The standard InChI is InChI=1S/C12H17N3O6/c1-7(16)11(18)12(19)10(17)6-13-14-8-2-4-9(5-3-8)15(20)21/h2-7,10-12,14,16-19H,1H3/t7-,10-,11-,12-/m0/s1. The summed E-state index contributed by atoms with van der Waals surface area (Å²) < 4.78 is 0. The Morgan fingerprint density at radius 3 is 2.24 bits per heavy atom. The van der Waals surface area contributed by atoms with Gasteiger partial charge in [-0.1, -0.05) is 0 Å². The van der Waals surface area contributed by atoms with E-state index in [9.17, 15) is 25.4 Å². The molecule has 4 atom stereocenters. The predicted octanol–water partition coefficient (Wildman–Crippen LogP) is -0.544. The lowest BCUT2D eigenvalue weighted by molar-refractivity contribution is -0.384. The van der Waals surface area contributed by atoms with Crippen LogP contribution < -0.4 is 5.43 Å². The normalized spacial score (nSPS) is 17.2. The van der Waals surface area contributed by atoms with Crippen LogP contribution in [0.2, 0.25) is 0 Å². The lowest BCUT2D eigenvalue weighted by Gasteiger charge is -2.22. The van der Waals surface area contributed by atoms with Gasteiger partial charge in [0.25, 0.3) is 5.69 Å². The van der Waals surface area contributed by atoms with Crippen LogP contribution in [0.3, 0.4) is 0 Å². The van der Waals surface area contributed by atoms with Gasteiger partial charge in [-0.2, -0.15) is 5.10 Å². The van der Waals surface area contributed by atoms with Gasteiger partial charge in [-0.15, -0.1) is 0 Å². The van der Waals surface area contributed by atoms with Crippen molar-refractivity contribution in [2.24, 2.45) is 5.10 Å². The number of aliphatic hydroxyl groups excluding tert-OH is 4. The molecule has 0 amide bonds. The van der Waals surface area contributed by atoms with E-state index in [0.29, 0.717) is 5.69 Å². The zero-order valence-corrected chi connectivity index (χ0v) is 11.2. The van der Waals surface area contributed by atoms with E-state index >= 15 is 0 Å². The Bertz CT molecular complexity index is 490. The molecular weight excluding hydrogens is 282 g/mol. The minimum Gasteiger partial charge on any atom is -0.391 e. The topological polar surface area (TPSA) is 148 Å². The van der Waals surface area contributed by atoms with Crippen molar-refractivity contribution in [1.29, 1.82) is 0 Å². The Morgan fingerprint density at radius 2 is 1.76 bits per heavy atom. The largest absolute Gasteiger partial charge is 0.391 e. The average Bonchev–Trinajstić information content (AvgIpc) is 2.45. The van der Waals surface area contributed by atoms with Crippen LogP contribution in [0.25, 0.3) is 0 Å². The maximum absolute atomic E-state index is 10.5. The van der Waals surface area contributed by atoms with Crippen molar-refractivity contribution < 1.29 is 25.3 Å². The Kier molecular flexibility index (Phi) is 6.18. The summed E-state index contributed by atoms with van der Waals surface area (Å²) >= 11 is 0. The van der Waals surface area contributed by atoms with Crippen LogP contribution in [0.15, 0.2) is 29.4 Å². The third kappa shape index (κ3) is 5.08. The van der Waals surface area contributed by atoms with Crippen molar-refractivity contribution >= 4 is 17.6 Å². The van der Waals surface area contributed by atoms with E-state index < -0.39 is 29.3 Å². The molecule has 1 aromatic rings. The van der Waals surface area contributed by atoms with Gasteiger partial charge in [-0.3, -0.25) is 15.5 Å². The summed E-state index contributed by atoms with van der Waals surface area (Å²) in [5, 5.41) is 51.6. The number of hydrogen-bond donors (Lipinski definition) is 5. The molecule has 21 heavy (non-hydrogen) atoms. The molecule has 0 aromatic heterocycles. The number of non-ortho nitro benzene ring substituents is 1. The molecule has 0 spiro atoms. The number of nitrogens with zero attached hydrogens (tertiary/aromatic N) is 2. The number of anilines is 1. The maximum Gasteiger partial charge on any atom is 0.269 e. The minimum absolute atomic E-state index is 0.0694. The first-order valence-corrected chi connectivity index (χ1v) is 6.09. The van der Waals surface area contributed by atoms with E-state index in [1.54, 1.807) is 0 Å². The lowest BCUT2D eigenvalue weighted by Crippen LogP contribution is -2.44. The van der Waals surface area contributed by atoms with Crippen molar-refractivity contribution in [3.8, 4) is 0 Å². The molecule has 0 bridgehead atoms. The number of hydrogen-bond acceptors (Lipinski definition) is 8. The molecule has 116 valence electrons. The SMILES string of the molecule is C[C@H](O)[C@H](O)[C@@H](O)[C@@H](O)C=NNc1ccc([N+](=O)[O-])cc1. The summed E-state index contributed by atoms with van der Waals surface area (Å²) in [6, 6.07) is 5.40. The number of aliphatic hydroxyl groups is 4. The minimum atomic E-state index is -1.59. The highest BCUT2D eigenvalue weighted by Gasteiger charge is 2.26. The summed E-state index contributed by atoms with van der Waals surface area (Å²) in [5.41, 5.74) is 2.87. The second-order valence-corrected chi connectivity index (χ2v) is 4.41. The summed E-state index contributed by atoms with van der Waals surface area (Å²) in [4.78, 5) is 9.92. The van der Waals surface area contributed by atoms with Gasteiger partial charge in [0.05, 0.1) is 22.9 Å². The third-order valence-corrected chi connectivity index (χ3v) is 2.69. The van der Waals surface area contributed by atoms with Gasteiger partial charge in [-0.25, -0.2) is 0 Å². The van der Waals surface area contributed by atoms with E-state index in [-0.39, 0.29) is 5.69 Å². The fraction of sp³-hybridized carbons (Fsp3) is 0.417. The Morgan fingerprint density at radius 1 is 1.19 bits per heavy atom. The molecule has 1 aromatic carbocycles. The molecular formula is C12H17N3O6.